The van der Waals surface area contributed by atoms with E-state index >= 15 is 0 Å². The third-order valence-electron chi connectivity index (χ3n) is 5.81. The maximum absolute atomic E-state index is 11.9. The third-order valence-corrected chi connectivity index (χ3v) is 6.54. The van der Waals surface area contributed by atoms with Crippen LogP contribution in [0.5, 0.6) is 5.75 Å². The zero-order valence-corrected chi connectivity index (χ0v) is 16.6. The first-order chi connectivity index (χ1) is 13.2. The molecule has 0 spiro atoms. The quantitative estimate of drug-likeness (QED) is 0.772. The monoisotopic (exact) mass is 382 g/mol. The molecule has 4 nitrogen and oxygen atoms in total. The van der Waals surface area contributed by atoms with E-state index in [0.717, 1.165) is 29.8 Å². The van der Waals surface area contributed by atoms with Gasteiger partial charge in [-0.1, -0.05) is 18.2 Å². The Morgan fingerprint density at radius 1 is 1.22 bits per heavy atom. The Bertz CT molecular complexity index is 839. The number of thioether (sulfide) groups is 1. The van der Waals surface area contributed by atoms with E-state index in [2.05, 4.69) is 48.1 Å². The van der Waals surface area contributed by atoms with Crippen LogP contribution in [-0.4, -0.2) is 31.4 Å². The molecule has 3 atom stereocenters. The summed E-state index contributed by atoms with van der Waals surface area (Å²) in [5.41, 5.74) is 3.19. The maximum Gasteiger partial charge on any atom is 0.252 e. The Labute approximate surface area is 165 Å². The minimum atomic E-state index is -0.00471. The molecule has 3 unspecified atom stereocenters. The minimum absolute atomic E-state index is 0.00471. The van der Waals surface area contributed by atoms with Crippen LogP contribution in [0.4, 0.5) is 0 Å². The minimum Gasteiger partial charge on any atom is -0.493 e. The normalized spacial score (nSPS) is 24.4. The van der Waals surface area contributed by atoms with Crippen molar-refractivity contribution >= 4 is 17.7 Å². The van der Waals surface area contributed by atoms with E-state index in [-0.39, 0.29) is 5.91 Å². The summed E-state index contributed by atoms with van der Waals surface area (Å²) in [6.45, 7) is 4.54. The summed E-state index contributed by atoms with van der Waals surface area (Å²) in [4.78, 5) is 13.2. The molecule has 2 aromatic rings. The average Bonchev–Trinajstić information content (AvgIpc) is 3.07. The molecule has 0 aromatic heterocycles. The summed E-state index contributed by atoms with van der Waals surface area (Å²) in [5, 5.41) is 6.45. The van der Waals surface area contributed by atoms with E-state index in [9.17, 15) is 4.79 Å². The molecule has 2 N–H and O–H groups in total. The largest absolute Gasteiger partial charge is 0.493 e. The highest BCUT2D eigenvalue weighted by molar-refractivity contribution is 7.98. The zero-order valence-electron chi connectivity index (χ0n) is 15.8. The fourth-order valence-corrected chi connectivity index (χ4v) is 4.67. The molecule has 1 fully saturated rings. The zero-order chi connectivity index (χ0) is 18.8. The van der Waals surface area contributed by atoms with Crippen molar-refractivity contribution in [3.63, 3.8) is 0 Å². The number of ether oxygens (including phenoxy) is 1. The maximum atomic E-state index is 11.9. The standard InChI is InChI=1S/C22H26N2O2S/c1-14-21(13-26-17-7-6-16-12-24-22(25)20(16)11-17)19(8-9-23-14)15-4-3-5-18(10-15)27-2/h3-7,10-11,14,19,21,23H,8-9,12-13H2,1-2H3,(H,24,25). The van der Waals surface area contributed by atoms with Gasteiger partial charge in [0.05, 0.1) is 6.61 Å². The Kier molecular flexibility index (Phi) is 5.41. The molecule has 0 aliphatic carbocycles. The van der Waals surface area contributed by atoms with Gasteiger partial charge >= 0.3 is 0 Å². The van der Waals surface area contributed by atoms with Crippen molar-refractivity contribution < 1.29 is 9.53 Å². The number of piperidine rings is 1. The van der Waals surface area contributed by atoms with Gasteiger partial charge < -0.3 is 15.4 Å². The van der Waals surface area contributed by atoms with Crippen LogP contribution >= 0.6 is 11.8 Å². The number of amides is 1. The van der Waals surface area contributed by atoms with E-state index < -0.39 is 0 Å². The van der Waals surface area contributed by atoms with Gasteiger partial charge in [0.15, 0.2) is 0 Å². The van der Waals surface area contributed by atoms with Gasteiger partial charge in [-0.25, -0.2) is 0 Å². The number of carbonyl (C=O) groups is 1. The Morgan fingerprint density at radius 2 is 2.11 bits per heavy atom. The smallest absolute Gasteiger partial charge is 0.252 e. The summed E-state index contributed by atoms with van der Waals surface area (Å²) in [7, 11) is 0. The molecule has 2 aromatic carbocycles. The SMILES string of the molecule is CSc1cccc(C2CCNC(C)C2COc2ccc3c(c2)C(=O)NC3)c1. The molecular weight excluding hydrogens is 356 g/mol. The number of hydrogen-bond acceptors (Lipinski definition) is 4. The van der Waals surface area contributed by atoms with Crippen LogP contribution in [0.1, 0.15) is 40.7 Å². The second-order valence-electron chi connectivity index (χ2n) is 7.39. The molecular formula is C22H26N2O2S. The molecule has 4 rings (SSSR count). The van der Waals surface area contributed by atoms with Crippen molar-refractivity contribution in [2.75, 3.05) is 19.4 Å². The van der Waals surface area contributed by atoms with E-state index in [4.69, 9.17) is 4.74 Å². The lowest BCUT2D eigenvalue weighted by atomic mass is 9.77. The summed E-state index contributed by atoms with van der Waals surface area (Å²) in [6, 6.07) is 15.1. The van der Waals surface area contributed by atoms with E-state index in [1.807, 2.05) is 18.2 Å². The fourth-order valence-electron chi connectivity index (χ4n) is 4.20. The van der Waals surface area contributed by atoms with Crippen molar-refractivity contribution in [3.05, 3.63) is 59.2 Å². The Morgan fingerprint density at radius 3 is 2.96 bits per heavy atom. The summed E-state index contributed by atoms with van der Waals surface area (Å²) >= 11 is 1.79. The lowest BCUT2D eigenvalue weighted by molar-refractivity contribution is 0.0965. The molecule has 0 bridgehead atoms. The lowest BCUT2D eigenvalue weighted by Gasteiger charge is -2.37. The number of hydrogen-bond donors (Lipinski definition) is 2. The Balaban J connectivity index is 1.51. The highest BCUT2D eigenvalue weighted by Gasteiger charge is 2.32. The summed E-state index contributed by atoms with van der Waals surface area (Å²) < 4.78 is 6.17. The molecule has 2 heterocycles. The van der Waals surface area contributed by atoms with Crippen LogP contribution in [0, 0.1) is 5.92 Å². The van der Waals surface area contributed by atoms with Crippen molar-refractivity contribution in [2.24, 2.45) is 5.92 Å². The molecule has 5 heteroatoms. The van der Waals surface area contributed by atoms with Gasteiger partial charge in [-0.05, 0) is 67.5 Å². The van der Waals surface area contributed by atoms with Crippen LogP contribution in [0.15, 0.2) is 47.4 Å². The second-order valence-corrected chi connectivity index (χ2v) is 8.27. The van der Waals surface area contributed by atoms with Gasteiger partial charge in [-0.3, -0.25) is 4.79 Å². The van der Waals surface area contributed by atoms with Crippen LogP contribution in [-0.2, 0) is 6.54 Å². The molecule has 2 aliphatic rings. The van der Waals surface area contributed by atoms with E-state index in [1.165, 1.54) is 10.5 Å². The summed E-state index contributed by atoms with van der Waals surface area (Å²) in [6.07, 6.45) is 3.23. The van der Waals surface area contributed by atoms with Crippen molar-refractivity contribution in [3.8, 4) is 5.75 Å². The van der Waals surface area contributed by atoms with Crippen molar-refractivity contribution in [1.29, 1.82) is 0 Å². The number of nitrogens with one attached hydrogen (secondary N) is 2. The molecule has 0 radical (unpaired) electrons. The van der Waals surface area contributed by atoms with Gasteiger partial charge in [-0.15, -0.1) is 11.8 Å². The number of benzene rings is 2. The van der Waals surface area contributed by atoms with Crippen molar-refractivity contribution in [1.82, 2.24) is 10.6 Å². The number of rotatable bonds is 5. The summed E-state index contributed by atoms with van der Waals surface area (Å²) in [5.74, 6) is 1.64. The van der Waals surface area contributed by atoms with E-state index in [0.29, 0.717) is 31.0 Å². The number of carbonyl (C=O) groups excluding carboxylic acids is 1. The molecule has 142 valence electrons. The molecule has 0 saturated carbocycles. The molecule has 2 aliphatic heterocycles. The first-order valence-corrected chi connectivity index (χ1v) is 10.8. The highest BCUT2D eigenvalue weighted by Crippen LogP contribution is 2.35. The van der Waals surface area contributed by atoms with Gasteiger partial charge in [0.1, 0.15) is 5.75 Å². The first kappa shape index (κ1) is 18.4. The first-order valence-electron chi connectivity index (χ1n) is 9.57. The van der Waals surface area contributed by atoms with Crippen LogP contribution < -0.4 is 15.4 Å². The van der Waals surface area contributed by atoms with Gasteiger partial charge in [0.2, 0.25) is 0 Å². The third kappa shape index (κ3) is 3.85. The topological polar surface area (TPSA) is 50.4 Å². The second kappa shape index (κ2) is 7.95. The van der Waals surface area contributed by atoms with Gasteiger partial charge in [-0.2, -0.15) is 0 Å². The fraction of sp³-hybridized carbons (Fsp3) is 0.409. The highest BCUT2D eigenvalue weighted by atomic mass is 32.2. The van der Waals surface area contributed by atoms with Crippen LogP contribution in [0.2, 0.25) is 0 Å². The lowest BCUT2D eigenvalue weighted by Crippen LogP contribution is -2.45. The van der Waals surface area contributed by atoms with Crippen LogP contribution in [0.3, 0.4) is 0 Å². The molecule has 1 amide bonds. The predicted molar refractivity (Wildman–Crippen MR) is 110 cm³/mol. The average molecular weight is 383 g/mol. The number of fused-ring (bicyclic) bond motifs is 1. The van der Waals surface area contributed by atoms with Crippen molar-refractivity contribution in [2.45, 2.75) is 36.7 Å². The van der Waals surface area contributed by atoms with Gasteiger partial charge in [0, 0.05) is 29.0 Å². The molecule has 27 heavy (non-hydrogen) atoms. The van der Waals surface area contributed by atoms with Crippen LogP contribution in [0.25, 0.3) is 0 Å². The van der Waals surface area contributed by atoms with E-state index in [1.54, 1.807) is 11.8 Å². The van der Waals surface area contributed by atoms with Gasteiger partial charge in [0.25, 0.3) is 5.91 Å². The predicted octanol–water partition coefficient (Wildman–Crippen LogP) is 3.81. The molecule has 1 saturated heterocycles. The Hall–Kier alpha value is -1.98.